The van der Waals surface area contributed by atoms with Crippen LogP contribution >= 0.6 is 11.6 Å². The molecule has 0 unspecified atom stereocenters. The topological polar surface area (TPSA) is 63.4 Å². The zero-order chi connectivity index (χ0) is 20.3. The van der Waals surface area contributed by atoms with Crippen LogP contribution in [-0.2, 0) is 11.2 Å². The van der Waals surface area contributed by atoms with Crippen LogP contribution in [0.1, 0.15) is 35.0 Å². The molecule has 1 amide bonds. The number of carbonyl (C=O) groups excluding carboxylic acids is 2. The summed E-state index contributed by atoms with van der Waals surface area (Å²) >= 11 is 6.39. The van der Waals surface area contributed by atoms with Crippen LogP contribution < -0.4 is 4.90 Å². The number of carbonyl (C=O) groups is 2. The van der Waals surface area contributed by atoms with Crippen LogP contribution in [0.5, 0.6) is 0 Å². The minimum atomic E-state index is 0.000532. The summed E-state index contributed by atoms with van der Waals surface area (Å²) in [5, 5.41) is 4.21. The van der Waals surface area contributed by atoms with E-state index in [1.54, 1.807) is 37.2 Å². The Labute approximate surface area is 168 Å². The number of amides is 1. The second kappa shape index (κ2) is 8.40. The molecule has 0 aliphatic carbocycles. The van der Waals surface area contributed by atoms with Gasteiger partial charge in [0, 0.05) is 31.0 Å². The van der Waals surface area contributed by atoms with E-state index in [4.69, 9.17) is 16.1 Å². The summed E-state index contributed by atoms with van der Waals surface area (Å²) in [7, 11) is 1.71. The van der Waals surface area contributed by atoms with Gasteiger partial charge in [0.2, 0.25) is 5.91 Å². The maximum absolute atomic E-state index is 12.5. The summed E-state index contributed by atoms with van der Waals surface area (Å²) in [5.74, 6) is 0.665. The Morgan fingerprint density at radius 1 is 1.11 bits per heavy atom. The highest BCUT2D eigenvalue weighted by Gasteiger charge is 2.14. The fraction of sp³-hybridized carbons (Fsp3) is 0.227. The molecule has 5 nitrogen and oxygen atoms in total. The molecule has 0 aliphatic heterocycles. The second-order valence-electron chi connectivity index (χ2n) is 6.56. The number of benzene rings is 2. The van der Waals surface area contributed by atoms with Crippen molar-refractivity contribution in [3.05, 3.63) is 70.6 Å². The Morgan fingerprint density at radius 2 is 1.79 bits per heavy atom. The zero-order valence-electron chi connectivity index (χ0n) is 16.0. The summed E-state index contributed by atoms with van der Waals surface area (Å²) < 4.78 is 5.00. The van der Waals surface area contributed by atoms with Crippen LogP contribution in [0.2, 0.25) is 5.02 Å². The molecule has 0 atom stereocenters. The van der Waals surface area contributed by atoms with Gasteiger partial charge >= 0.3 is 0 Å². The lowest BCUT2D eigenvalue weighted by Crippen LogP contribution is -2.25. The highest BCUT2D eigenvalue weighted by atomic mass is 35.5. The van der Waals surface area contributed by atoms with Crippen molar-refractivity contribution in [1.29, 1.82) is 0 Å². The minimum absolute atomic E-state index is 0.000532. The Bertz CT molecular complexity index is 1010. The molecule has 0 bridgehead atoms. The molecule has 3 aromatic rings. The minimum Gasteiger partial charge on any atom is -0.361 e. The van der Waals surface area contributed by atoms with Crippen LogP contribution in [0.3, 0.4) is 0 Å². The van der Waals surface area contributed by atoms with E-state index >= 15 is 0 Å². The third-order valence-corrected chi connectivity index (χ3v) is 5.03. The summed E-state index contributed by atoms with van der Waals surface area (Å²) in [6, 6.07) is 13.0. The van der Waals surface area contributed by atoms with Crippen molar-refractivity contribution in [2.24, 2.45) is 0 Å². The number of aryl methyl sites for hydroxylation is 1. The van der Waals surface area contributed by atoms with Crippen molar-refractivity contribution >= 4 is 29.0 Å². The number of anilines is 1. The fourth-order valence-corrected chi connectivity index (χ4v) is 3.25. The van der Waals surface area contributed by atoms with E-state index in [2.05, 4.69) is 5.16 Å². The van der Waals surface area contributed by atoms with Gasteiger partial charge in [0.15, 0.2) is 5.78 Å². The average Bonchev–Trinajstić information content (AvgIpc) is 3.11. The molecule has 0 radical (unpaired) electrons. The van der Waals surface area contributed by atoms with Crippen molar-refractivity contribution in [2.75, 3.05) is 11.9 Å². The Morgan fingerprint density at radius 3 is 2.36 bits per heavy atom. The maximum atomic E-state index is 12.5. The first-order chi connectivity index (χ1) is 13.4. The van der Waals surface area contributed by atoms with E-state index in [0.29, 0.717) is 28.5 Å². The SMILES string of the molecule is CCC(=O)N(C)c1ccc(-c2ccc(C(=O)Cc3cnoc3C)cc2)cc1Cl. The van der Waals surface area contributed by atoms with Crippen LogP contribution in [0.4, 0.5) is 5.69 Å². The molecule has 0 saturated carbocycles. The third kappa shape index (κ3) is 4.15. The molecule has 0 N–H and O–H groups in total. The van der Waals surface area contributed by atoms with Gasteiger partial charge in [-0.2, -0.15) is 0 Å². The van der Waals surface area contributed by atoms with Gasteiger partial charge in [-0.25, -0.2) is 0 Å². The average molecular weight is 397 g/mol. The molecule has 0 saturated heterocycles. The van der Waals surface area contributed by atoms with E-state index in [9.17, 15) is 9.59 Å². The van der Waals surface area contributed by atoms with Crippen LogP contribution in [-0.4, -0.2) is 23.9 Å². The molecule has 1 aromatic heterocycles. The molecule has 6 heteroatoms. The first kappa shape index (κ1) is 19.8. The van der Waals surface area contributed by atoms with Gasteiger partial charge in [0.05, 0.1) is 16.9 Å². The van der Waals surface area contributed by atoms with Crippen LogP contribution in [0, 0.1) is 6.92 Å². The molecule has 0 spiro atoms. The molecule has 144 valence electrons. The summed E-state index contributed by atoms with van der Waals surface area (Å²) in [6.07, 6.45) is 2.25. The summed E-state index contributed by atoms with van der Waals surface area (Å²) in [4.78, 5) is 25.9. The van der Waals surface area contributed by atoms with E-state index in [0.717, 1.165) is 16.7 Å². The number of nitrogens with zero attached hydrogens (tertiary/aromatic N) is 2. The maximum Gasteiger partial charge on any atom is 0.226 e. The lowest BCUT2D eigenvalue weighted by Gasteiger charge is -2.18. The number of hydrogen-bond acceptors (Lipinski definition) is 4. The predicted octanol–water partition coefficient (Wildman–Crippen LogP) is 5.10. The molecule has 0 fully saturated rings. The standard InChI is InChI=1S/C22H21ClN2O3/c1-4-22(27)25(3)20-10-9-17(11-19(20)23)15-5-7-16(8-6-15)21(26)12-18-13-24-28-14(18)2/h5-11,13H,4,12H2,1-3H3. The van der Waals surface area contributed by atoms with Crippen molar-refractivity contribution in [2.45, 2.75) is 26.7 Å². The van der Waals surface area contributed by atoms with Crippen LogP contribution in [0.25, 0.3) is 11.1 Å². The van der Waals surface area contributed by atoms with E-state index in [1.165, 1.54) is 0 Å². The van der Waals surface area contributed by atoms with Gasteiger partial charge in [0.25, 0.3) is 0 Å². The fourth-order valence-electron chi connectivity index (χ4n) is 2.94. The number of rotatable bonds is 6. The number of Topliss-reactive ketones (excluding diaryl/α,β-unsaturated/α-hetero) is 1. The highest BCUT2D eigenvalue weighted by Crippen LogP contribution is 2.31. The van der Waals surface area contributed by atoms with E-state index < -0.39 is 0 Å². The first-order valence-electron chi connectivity index (χ1n) is 9.00. The van der Waals surface area contributed by atoms with E-state index in [-0.39, 0.29) is 18.1 Å². The van der Waals surface area contributed by atoms with Crippen molar-refractivity contribution in [3.8, 4) is 11.1 Å². The number of hydrogen-bond donors (Lipinski definition) is 0. The first-order valence-corrected chi connectivity index (χ1v) is 9.38. The quantitative estimate of drug-likeness (QED) is 0.543. The molecule has 28 heavy (non-hydrogen) atoms. The van der Waals surface area contributed by atoms with Crippen molar-refractivity contribution in [3.63, 3.8) is 0 Å². The Balaban J connectivity index is 1.78. The van der Waals surface area contributed by atoms with Gasteiger partial charge < -0.3 is 9.42 Å². The second-order valence-corrected chi connectivity index (χ2v) is 6.96. The Hall–Kier alpha value is -2.92. The molecular formula is C22H21ClN2O3. The highest BCUT2D eigenvalue weighted by molar-refractivity contribution is 6.34. The molecule has 1 heterocycles. The zero-order valence-corrected chi connectivity index (χ0v) is 16.8. The lowest BCUT2D eigenvalue weighted by molar-refractivity contribution is -0.118. The monoisotopic (exact) mass is 396 g/mol. The molecule has 3 rings (SSSR count). The largest absolute Gasteiger partial charge is 0.361 e. The summed E-state index contributed by atoms with van der Waals surface area (Å²) in [6.45, 7) is 3.60. The van der Waals surface area contributed by atoms with Gasteiger partial charge in [-0.05, 0) is 30.2 Å². The third-order valence-electron chi connectivity index (χ3n) is 4.73. The molecule has 0 aliphatic rings. The summed E-state index contributed by atoms with van der Waals surface area (Å²) in [5.41, 5.74) is 3.95. The van der Waals surface area contributed by atoms with Crippen LogP contribution in [0.15, 0.2) is 53.2 Å². The van der Waals surface area contributed by atoms with Gasteiger partial charge in [0.1, 0.15) is 5.76 Å². The van der Waals surface area contributed by atoms with Crippen molar-refractivity contribution in [1.82, 2.24) is 5.16 Å². The molecular weight excluding hydrogens is 376 g/mol. The smallest absolute Gasteiger partial charge is 0.226 e. The predicted molar refractivity (Wildman–Crippen MR) is 110 cm³/mol. The van der Waals surface area contributed by atoms with E-state index in [1.807, 2.05) is 37.3 Å². The van der Waals surface area contributed by atoms with Gasteiger partial charge in [-0.1, -0.05) is 54.0 Å². The molecule has 2 aromatic carbocycles. The number of aromatic nitrogens is 1. The van der Waals surface area contributed by atoms with Gasteiger partial charge in [-0.3, -0.25) is 9.59 Å². The van der Waals surface area contributed by atoms with Gasteiger partial charge in [-0.15, -0.1) is 0 Å². The normalized spacial score (nSPS) is 10.7. The lowest BCUT2D eigenvalue weighted by atomic mass is 9.99. The number of ketones is 1. The Kier molecular flexibility index (Phi) is 5.95. The number of halogens is 1. The van der Waals surface area contributed by atoms with Crippen molar-refractivity contribution < 1.29 is 14.1 Å².